The van der Waals surface area contributed by atoms with Gasteiger partial charge in [0.2, 0.25) is 5.91 Å². The van der Waals surface area contributed by atoms with Crippen LogP contribution in [-0.2, 0) is 4.79 Å². The number of aliphatic hydroxyl groups is 1. The SMILES string of the molecule is CC(=O)Nc1ccc(C(C)O)cc1Br. The van der Waals surface area contributed by atoms with Gasteiger partial charge in [0, 0.05) is 11.4 Å². The van der Waals surface area contributed by atoms with E-state index in [0.29, 0.717) is 5.69 Å². The topological polar surface area (TPSA) is 49.3 Å². The number of hydrogen-bond donors (Lipinski definition) is 2. The Morgan fingerprint density at radius 1 is 1.57 bits per heavy atom. The minimum atomic E-state index is -0.502. The fraction of sp³-hybridized carbons (Fsp3) is 0.300. The quantitative estimate of drug-likeness (QED) is 0.856. The number of carbonyl (C=O) groups excluding carboxylic acids is 1. The Morgan fingerprint density at radius 3 is 2.64 bits per heavy atom. The Kier molecular flexibility index (Phi) is 3.66. The zero-order valence-electron chi connectivity index (χ0n) is 8.04. The molecule has 1 amide bonds. The van der Waals surface area contributed by atoms with Gasteiger partial charge in [-0.25, -0.2) is 0 Å². The van der Waals surface area contributed by atoms with Gasteiger partial charge in [-0.3, -0.25) is 4.79 Å². The van der Waals surface area contributed by atoms with Crippen molar-refractivity contribution in [1.29, 1.82) is 0 Å². The highest BCUT2D eigenvalue weighted by molar-refractivity contribution is 9.10. The van der Waals surface area contributed by atoms with E-state index in [1.54, 1.807) is 25.1 Å². The number of amides is 1. The molecule has 0 bridgehead atoms. The molecule has 14 heavy (non-hydrogen) atoms. The molecule has 2 N–H and O–H groups in total. The highest BCUT2D eigenvalue weighted by atomic mass is 79.9. The number of halogens is 1. The lowest BCUT2D eigenvalue weighted by Crippen LogP contribution is -2.06. The van der Waals surface area contributed by atoms with Gasteiger partial charge in [0.25, 0.3) is 0 Å². The number of aliphatic hydroxyl groups excluding tert-OH is 1. The Hall–Kier alpha value is -0.870. The van der Waals surface area contributed by atoms with Crippen LogP contribution in [-0.4, -0.2) is 11.0 Å². The lowest BCUT2D eigenvalue weighted by atomic mass is 10.1. The first-order valence-corrected chi connectivity index (χ1v) is 5.05. The van der Waals surface area contributed by atoms with Gasteiger partial charge in [0.15, 0.2) is 0 Å². The van der Waals surface area contributed by atoms with Gasteiger partial charge in [-0.1, -0.05) is 6.07 Å². The molecule has 0 aliphatic carbocycles. The zero-order valence-corrected chi connectivity index (χ0v) is 9.63. The third-order valence-corrected chi connectivity index (χ3v) is 2.44. The normalized spacial score (nSPS) is 12.3. The van der Waals surface area contributed by atoms with E-state index in [2.05, 4.69) is 21.2 Å². The van der Waals surface area contributed by atoms with Crippen molar-refractivity contribution >= 4 is 27.5 Å². The molecular formula is C10H12BrNO2. The van der Waals surface area contributed by atoms with Crippen molar-refractivity contribution < 1.29 is 9.90 Å². The van der Waals surface area contributed by atoms with Crippen molar-refractivity contribution in [3.05, 3.63) is 28.2 Å². The molecule has 4 heteroatoms. The van der Waals surface area contributed by atoms with E-state index in [1.165, 1.54) is 6.92 Å². The van der Waals surface area contributed by atoms with E-state index in [4.69, 9.17) is 0 Å². The molecule has 76 valence electrons. The zero-order chi connectivity index (χ0) is 10.7. The number of hydrogen-bond acceptors (Lipinski definition) is 2. The lowest BCUT2D eigenvalue weighted by Gasteiger charge is -2.09. The Balaban J connectivity index is 2.95. The van der Waals surface area contributed by atoms with Crippen LogP contribution in [0.25, 0.3) is 0 Å². The third kappa shape index (κ3) is 2.82. The van der Waals surface area contributed by atoms with Crippen LogP contribution in [0.15, 0.2) is 22.7 Å². The Labute approximate surface area is 91.3 Å². The van der Waals surface area contributed by atoms with Crippen LogP contribution in [0, 0.1) is 0 Å². The van der Waals surface area contributed by atoms with Crippen LogP contribution in [0.3, 0.4) is 0 Å². The van der Waals surface area contributed by atoms with Crippen molar-refractivity contribution in [3.63, 3.8) is 0 Å². The number of nitrogens with one attached hydrogen (secondary N) is 1. The molecule has 0 heterocycles. The largest absolute Gasteiger partial charge is 0.389 e. The Bertz CT molecular complexity index is 350. The molecule has 0 spiro atoms. The second kappa shape index (κ2) is 4.57. The maximum absolute atomic E-state index is 10.8. The molecule has 1 aromatic carbocycles. The molecule has 1 rings (SSSR count). The standard InChI is InChI=1S/C10H12BrNO2/c1-6(13)8-3-4-10(9(11)5-8)12-7(2)14/h3-6,13H,1-2H3,(H,12,14). The van der Waals surface area contributed by atoms with E-state index >= 15 is 0 Å². The number of benzene rings is 1. The molecule has 0 aliphatic rings. The molecule has 0 fully saturated rings. The van der Waals surface area contributed by atoms with Gasteiger partial charge in [-0.15, -0.1) is 0 Å². The summed E-state index contributed by atoms with van der Waals surface area (Å²) in [6.45, 7) is 3.15. The first kappa shape index (κ1) is 11.2. The van der Waals surface area contributed by atoms with Gasteiger partial charge in [-0.2, -0.15) is 0 Å². The second-order valence-electron chi connectivity index (χ2n) is 3.10. The molecule has 1 atom stereocenters. The molecule has 0 saturated carbocycles. The van der Waals surface area contributed by atoms with Crippen molar-refractivity contribution in [2.24, 2.45) is 0 Å². The Morgan fingerprint density at radius 2 is 2.21 bits per heavy atom. The van der Waals surface area contributed by atoms with Crippen LogP contribution < -0.4 is 5.32 Å². The molecule has 0 aromatic heterocycles. The predicted molar refractivity (Wildman–Crippen MR) is 59.1 cm³/mol. The van der Waals surface area contributed by atoms with Gasteiger partial charge in [-0.05, 0) is 40.5 Å². The molecule has 1 unspecified atom stereocenters. The van der Waals surface area contributed by atoms with Gasteiger partial charge in [0.05, 0.1) is 11.8 Å². The summed E-state index contributed by atoms with van der Waals surface area (Å²) in [6, 6.07) is 5.32. The summed E-state index contributed by atoms with van der Waals surface area (Å²) in [7, 11) is 0. The summed E-state index contributed by atoms with van der Waals surface area (Å²) in [5.74, 6) is -0.115. The van der Waals surface area contributed by atoms with Crippen molar-refractivity contribution in [2.45, 2.75) is 20.0 Å². The third-order valence-electron chi connectivity index (χ3n) is 1.79. The van der Waals surface area contributed by atoms with E-state index in [-0.39, 0.29) is 5.91 Å². The molecule has 0 radical (unpaired) electrons. The maximum atomic E-state index is 10.8. The smallest absolute Gasteiger partial charge is 0.221 e. The number of anilines is 1. The summed E-state index contributed by atoms with van der Waals surface area (Å²) < 4.78 is 0.770. The number of rotatable bonds is 2. The molecule has 3 nitrogen and oxygen atoms in total. The van der Waals surface area contributed by atoms with E-state index in [9.17, 15) is 9.90 Å². The van der Waals surface area contributed by atoms with Crippen molar-refractivity contribution in [3.8, 4) is 0 Å². The fourth-order valence-corrected chi connectivity index (χ4v) is 1.58. The molecule has 1 aromatic rings. The van der Waals surface area contributed by atoms with E-state index < -0.39 is 6.10 Å². The van der Waals surface area contributed by atoms with E-state index in [0.717, 1.165) is 10.0 Å². The van der Waals surface area contributed by atoms with Gasteiger partial charge >= 0.3 is 0 Å². The highest BCUT2D eigenvalue weighted by Gasteiger charge is 2.05. The van der Waals surface area contributed by atoms with Crippen molar-refractivity contribution in [1.82, 2.24) is 0 Å². The minimum absolute atomic E-state index is 0.115. The summed E-state index contributed by atoms with van der Waals surface area (Å²) in [5, 5.41) is 12.0. The number of carbonyl (C=O) groups is 1. The maximum Gasteiger partial charge on any atom is 0.221 e. The minimum Gasteiger partial charge on any atom is -0.389 e. The van der Waals surface area contributed by atoms with Crippen LogP contribution in [0.1, 0.15) is 25.5 Å². The average molecular weight is 258 g/mol. The summed E-state index contributed by atoms with van der Waals surface area (Å²) in [5.41, 5.74) is 1.52. The summed E-state index contributed by atoms with van der Waals surface area (Å²) in [6.07, 6.45) is -0.502. The highest BCUT2D eigenvalue weighted by Crippen LogP contribution is 2.26. The van der Waals surface area contributed by atoms with Crippen LogP contribution in [0.5, 0.6) is 0 Å². The predicted octanol–water partition coefficient (Wildman–Crippen LogP) is 2.46. The average Bonchev–Trinajstić information content (AvgIpc) is 2.07. The first-order valence-electron chi connectivity index (χ1n) is 4.26. The molecule has 0 saturated heterocycles. The lowest BCUT2D eigenvalue weighted by molar-refractivity contribution is -0.114. The van der Waals surface area contributed by atoms with Crippen LogP contribution in [0.4, 0.5) is 5.69 Å². The van der Waals surface area contributed by atoms with Crippen LogP contribution >= 0.6 is 15.9 Å². The van der Waals surface area contributed by atoms with Gasteiger partial charge in [0.1, 0.15) is 0 Å². The monoisotopic (exact) mass is 257 g/mol. The summed E-state index contributed by atoms with van der Waals surface area (Å²) in [4.78, 5) is 10.8. The van der Waals surface area contributed by atoms with E-state index in [1.807, 2.05) is 0 Å². The second-order valence-corrected chi connectivity index (χ2v) is 3.95. The molecule has 0 aliphatic heterocycles. The van der Waals surface area contributed by atoms with Gasteiger partial charge < -0.3 is 10.4 Å². The van der Waals surface area contributed by atoms with Crippen molar-refractivity contribution in [2.75, 3.05) is 5.32 Å². The molecular weight excluding hydrogens is 246 g/mol. The first-order chi connectivity index (χ1) is 6.50. The summed E-state index contributed by atoms with van der Waals surface area (Å²) >= 11 is 3.32. The van der Waals surface area contributed by atoms with Crippen LogP contribution in [0.2, 0.25) is 0 Å². The fourth-order valence-electron chi connectivity index (χ4n) is 1.08.